The fourth-order valence-electron chi connectivity index (χ4n) is 2.99. The number of ether oxygens (including phenoxy) is 1. The molecule has 1 aromatic carbocycles. The Hall–Kier alpha value is -1.89. The first-order chi connectivity index (χ1) is 12.2. The van der Waals surface area contributed by atoms with Crippen molar-refractivity contribution in [2.24, 2.45) is 0 Å². The van der Waals surface area contributed by atoms with Crippen molar-refractivity contribution >= 4 is 18.3 Å². The summed E-state index contributed by atoms with van der Waals surface area (Å²) in [5.41, 5.74) is 1.58. The molecular weight excluding hydrogens is 352 g/mol. The largest absolute Gasteiger partial charge is 0.375 e. The summed E-state index contributed by atoms with van der Waals surface area (Å²) < 4.78 is 7.57. The Bertz CT molecular complexity index is 671. The number of carbonyl (C=O) groups excluding carboxylic acids is 1. The molecule has 1 aliphatic rings. The van der Waals surface area contributed by atoms with E-state index in [9.17, 15) is 4.79 Å². The van der Waals surface area contributed by atoms with Crippen molar-refractivity contribution in [3.05, 3.63) is 53.9 Å². The lowest BCUT2D eigenvalue weighted by Gasteiger charge is -2.22. The second-order valence-electron chi connectivity index (χ2n) is 6.56. The van der Waals surface area contributed by atoms with Crippen molar-refractivity contribution in [3.8, 4) is 0 Å². The van der Waals surface area contributed by atoms with Gasteiger partial charge in [-0.15, -0.1) is 12.4 Å². The molecule has 1 saturated heterocycles. The van der Waals surface area contributed by atoms with E-state index in [4.69, 9.17) is 4.74 Å². The van der Waals surface area contributed by atoms with Crippen molar-refractivity contribution in [1.29, 1.82) is 0 Å². The van der Waals surface area contributed by atoms with E-state index in [2.05, 4.69) is 15.7 Å². The minimum absolute atomic E-state index is 0. The zero-order valence-electron chi connectivity index (χ0n) is 15.1. The van der Waals surface area contributed by atoms with Crippen LogP contribution in [-0.4, -0.2) is 41.4 Å². The molecule has 6 nitrogen and oxygen atoms in total. The summed E-state index contributed by atoms with van der Waals surface area (Å²) in [6.45, 7) is 4.92. The number of benzene rings is 1. The number of halogens is 1. The molecule has 2 N–H and O–H groups in total. The topological polar surface area (TPSA) is 68.2 Å². The zero-order valence-corrected chi connectivity index (χ0v) is 15.9. The molecule has 2 atom stereocenters. The number of hydrogen-bond donors (Lipinski definition) is 2. The summed E-state index contributed by atoms with van der Waals surface area (Å²) in [6.07, 6.45) is 4.13. The van der Waals surface area contributed by atoms with Gasteiger partial charge in [0, 0.05) is 18.8 Å². The maximum absolute atomic E-state index is 12.3. The summed E-state index contributed by atoms with van der Waals surface area (Å²) in [5, 5.41) is 10.7. The van der Waals surface area contributed by atoms with E-state index in [0.717, 1.165) is 31.5 Å². The Morgan fingerprint density at radius 1 is 1.38 bits per heavy atom. The molecule has 26 heavy (non-hydrogen) atoms. The first-order valence-electron chi connectivity index (χ1n) is 8.91. The highest BCUT2D eigenvalue weighted by molar-refractivity contribution is 5.92. The summed E-state index contributed by atoms with van der Waals surface area (Å²) >= 11 is 0. The molecule has 0 radical (unpaired) electrons. The van der Waals surface area contributed by atoms with Gasteiger partial charge in [-0.05, 0) is 37.9 Å². The lowest BCUT2D eigenvalue weighted by molar-refractivity contribution is 0.0815. The molecule has 1 aromatic heterocycles. The van der Waals surface area contributed by atoms with Crippen LogP contribution in [0.2, 0.25) is 0 Å². The minimum Gasteiger partial charge on any atom is -0.375 e. The Kier molecular flexibility index (Phi) is 8.09. The van der Waals surface area contributed by atoms with Crippen LogP contribution in [0.25, 0.3) is 0 Å². The quantitative estimate of drug-likeness (QED) is 0.777. The van der Waals surface area contributed by atoms with Crippen LogP contribution in [0, 0.1) is 0 Å². The number of piperidine rings is 1. The number of amides is 1. The smallest absolute Gasteiger partial charge is 0.272 e. The van der Waals surface area contributed by atoms with Crippen molar-refractivity contribution < 1.29 is 9.53 Å². The van der Waals surface area contributed by atoms with Gasteiger partial charge in [-0.1, -0.05) is 30.3 Å². The minimum atomic E-state index is -0.154. The molecule has 7 heteroatoms. The molecule has 2 unspecified atom stereocenters. The van der Waals surface area contributed by atoms with E-state index in [1.807, 2.05) is 48.1 Å². The lowest BCUT2D eigenvalue weighted by atomic mass is 10.1. The molecule has 0 bridgehead atoms. The molecule has 2 aromatic rings. The number of hydrogen-bond acceptors (Lipinski definition) is 4. The predicted octanol–water partition coefficient (Wildman–Crippen LogP) is 2.56. The van der Waals surface area contributed by atoms with Crippen LogP contribution < -0.4 is 10.6 Å². The van der Waals surface area contributed by atoms with Gasteiger partial charge in [0.25, 0.3) is 5.91 Å². The summed E-state index contributed by atoms with van der Waals surface area (Å²) in [5.74, 6) is -0.154. The Balaban J connectivity index is 0.00000243. The highest BCUT2D eigenvalue weighted by Crippen LogP contribution is 2.15. The van der Waals surface area contributed by atoms with E-state index >= 15 is 0 Å². The monoisotopic (exact) mass is 378 g/mol. The number of nitrogens with one attached hydrogen (secondary N) is 2. The summed E-state index contributed by atoms with van der Waals surface area (Å²) in [6, 6.07) is 12.0. The molecule has 1 aliphatic heterocycles. The Labute approximate surface area is 160 Å². The van der Waals surface area contributed by atoms with E-state index in [0.29, 0.717) is 24.9 Å². The van der Waals surface area contributed by atoms with Crippen LogP contribution in [-0.2, 0) is 11.3 Å². The fourth-order valence-corrected chi connectivity index (χ4v) is 2.99. The van der Waals surface area contributed by atoms with E-state index in [1.165, 1.54) is 0 Å². The third kappa shape index (κ3) is 5.83. The summed E-state index contributed by atoms with van der Waals surface area (Å²) in [7, 11) is 0. The maximum Gasteiger partial charge on any atom is 0.272 e. The van der Waals surface area contributed by atoms with Crippen LogP contribution in [0.15, 0.2) is 42.6 Å². The van der Waals surface area contributed by atoms with Crippen LogP contribution in [0.3, 0.4) is 0 Å². The Morgan fingerprint density at radius 2 is 2.19 bits per heavy atom. The van der Waals surface area contributed by atoms with Gasteiger partial charge in [-0.2, -0.15) is 5.10 Å². The fraction of sp³-hybridized carbons (Fsp3) is 0.474. The van der Waals surface area contributed by atoms with Crippen LogP contribution in [0.1, 0.15) is 41.9 Å². The van der Waals surface area contributed by atoms with Gasteiger partial charge in [0.1, 0.15) is 5.69 Å². The third-order valence-corrected chi connectivity index (χ3v) is 4.34. The van der Waals surface area contributed by atoms with Gasteiger partial charge in [0.15, 0.2) is 0 Å². The van der Waals surface area contributed by atoms with Crippen molar-refractivity contribution in [1.82, 2.24) is 20.4 Å². The number of rotatable bonds is 7. The summed E-state index contributed by atoms with van der Waals surface area (Å²) in [4.78, 5) is 12.3. The van der Waals surface area contributed by atoms with Crippen molar-refractivity contribution in [2.75, 3.05) is 19.7 Å². The molecule has 2 heterocycles. The van der Waals surface area contributed by atoms with Crippen LogP contribution in [0.5, 0.6) is 0 Å². The average molecular weight is 379 g/mol. The molecule has 1 amide bonds. The zero-order chi connectivity index (χ0) is 17.5. The van der Waals surface area contributed by atoms with Crippen LogP contribution in [0.4, 0.5) is 0 Å². The number of nitrogens with zero attached hydrogens (tertiary/aromatic N) is 2. The molecule has 0 saturated carbocycles. The molecule has 3 rings (SSSR count). The first-order valence-corrected chi connectivity index (χ1v) is 8.91. The molecular formula is C19H27ClN4O2. The average Bonchev–Trinajstić information content (AvgIpc) is 3.14. The normalized spacial score (nSPS) is 18.0. The lowest BCUT2D eigenvalue weighted by Crippen LogP contribution is -2.36. The van der Waals surface area contributed by atoms with E-state index < -0.39 is 0 Å². The van der Waals surface area contributed by atoms with Crippen molar-refractivity contribution in [2.45, 2.75) is 38.5 Å². The second kappa shape index (κ2) is 10.3. The molecule has 0 spiro atoms. The molecule has 142 valence electrons. The highest BCUT2D eigenvalue weighted by atomic mass is 35.5. The van der Waals surface area contributed by atoms with Crippen LogP contribution >= 0.6 is 12.4 Å². The Morgan fingerprint density at radius 3 is 2.92 bits per heavy atom. The first kappa shape index (κ1) is 20.4. The highest BCUT2D eigenvalue weighted by Gasteiger charge is 2.18. The van der Waals surface area contributed by atoms with Gasteiger partial charge in [-0.25, -0.2) is 0 Å². The number of carbonyl (C=O) groups is 1. The number of aromatic nitrogens is 2. The second-order valence-corrected chi connectivity index (χ2v) is 6.56. The molecule has 1 fully saturated rings. The molecule has 0 aliphatic carbocycles. The predicted molar refractivity (Wildman–Crippen MR) is 104 cm³/mol. The van der Waals surface area contributed by atoms with E-state index in [1.54, 1.807) is 6.07 Å². The van der Waals surface area contributed by atoms with E-state index in [-0.39, 0.29) is 24.4 Å². The van der Waals surface area contributed by atoms with Gasteiger partial charge in [-0.3, -0.25) is 9.48 Å². The van der Waals surface area contributed by atoms with Gasteiger partial charge < -0.3 is 15.4 Å². The van der Waals surface area contributed by atoms with Gasteiger partial charge in [0.05, 0.1) is 19.3 Å². The van der Waals surface area contributed by atoms with Gasteiger partial charge >= 0.3 is 0 Å². The standard InChI is InChI=1S/C19H26N4O2.ClH/c1-15(13-25-14-16-6-3-2-4-7-16)21-19(24)18-9-11-23(22-18)17-8-5-10-20-12-17;/h2-4,6-7,9,11,15,17,20H,5,8,10,12-14H2,1H3,(H,21,24);1H. The maximum atomic E-state index is 12.3. The third-order valence-electron chi connectivity index (χ3n) is 4.34. The van der Waals surface area contributed by atoms with Gasteiger partial charge in [0.2, 0.25) is 0 Å². The van der Waals surface area contributed by atoms with Crippen molar-refractivity contribution in [3.63, 3.8) is 0 Å². The SMILES string of the molecule is CC(COCc1ccccc1)NC(=O)c1ccn(C2CCCNC2)n1.Cl.